The summed E-state index contributed by atoms with van der Waals surface area (Å²) in [6.45, 7) is 4.62. The molecule has 3 rings (SSSR count). The average molecular weight is 475 g/mol. The monoisotopic (exact) mass is 474 g/mol. The molecule has 0 atom stereocenters. The maximum absolute atomic E-state index is 13.0. The van der Waals surface area contributed by atoms with Crippen LogP contribution in [0.15, 0.2) is 0 Å². The van der Waals surface area contributed by atoms with Crippen molar-refractivity contribution in [1.29, 1.82) is 0 Å². The predicted octanol–water partition coefficient (Wildman–Crippen LogP) is 9.89. The molecule has 3 aliphatic carbocycles. The number of methoxy groups -OCH3 is 1. The normalized spacial score (nSPS) is 34.6. The van der Waals surface area contributed by atoms with Crippen LogP contribution in [0.25, 0.3) is 0 Å². The lowest BCUT2D eigenvalue weighted by atomic mass is 9.62. The third kappa shape index (κ3) is 8.26. The number of carbonyl (C=O) groups excluding carboxylic acids is 1. The number of rotatable bonds is 13. The highest BCUT2D eigenvalue weighted by Gasteiger charge is 2.44. The van der Waals surface area contributed by atoms with Gasteiger partial charge >= 0.3 is 5.97 Å². The highest BCUT2D eigenvalue weighted by Crippen LogP contribution is 2.49. The van der Waals surface area contributed by atoms with Crippen LogP contribution in [0.2, 0.25) is 0 Å². The Labute approximate surface area is 212 Å². The largest absolute Gasteiger partial charge is 0.469 e. The van der Waals surface area contributed by atoms with Crippen molar-refractivity contribution in [3.63, 3.8) is 0 Å². The standard InChI is InChI=1S/C32H58O2/c1-4-6-8-10-26-12-14-28(15-13-26)20-23-32(31(33)34-3)24-21-30(22-25-32)29-18-16-27(17-19-29)11-9-7-5-2/h26-30H,4-25H2,1-3H3. The molecule has 198 valence electrons. The third-order valence-corrected chi connectivity index (χ3v) is 10.6. The van der Waals surface area contributed by atoms with E-state index in [1.165, 1.54) is 122 Å². The molecule has 3 saturated carbocycles. The Bertz CT molecular complexity index is 545. The van der Waals surface area contributed by atoms with E-state index < -0.39 is 0 Å². The minimum Gasteiger partial charge on any atom is -0.469 e. The minimum atomic E-state index is -0.166. The summed E-state index contributed by atoms with van der Waals surface area (Å²) < 4.78 is 5.41. The predicted molar refractivity (Wildman–Crippen MR) is 145 cm³/mol. The molecule has 0 saturated heterocycles. The van der Waals surface area contributed by atoms with E-state index in [2.05, 4.69) is 13.8 Å². The maximum Gasteiger partial charge on any atom is 0.311 e. The molecule has 0 aliphatic heterocycles. The van der Waals surface area contributed by atoms with Crippen molar-refractivity contribution in [2.75, 3.05) is 7.11 Å². The van der Waals surface area contributed by atoms with Crippen molar-refractivity contribution in [3.05, 3.63) is 0 Å². The molecule has 3 fully saturated rings. The van der Waals surface area contributed by atoms with Crippen molar-refractivity contribution < 1.29 is 9.53 Å². The average Bonchev–Trinajstić information content (AvgIpc) is 2.89. The van der Waals surface area contributed by atoms with Crippen LogP contribution in [-0.4, -0.2) is 13.1 Å². The molecule has 0 aromatic carbocycles. The van der Waals surface area contributed by atoms with Crippen LogP contribution < -0.4 is 0 Å². The zero-order chi connectivity index (χ0) is 24.2. The van der Waals surface area contributed by atoms with Gasteiger partial charge in [-0.2, -0.15) is 0 Å². The van der Waals surface area contributed by atoms with Gasteiger partial charge in [-0.3, -0.25) is 4.79 Å². The summed E-state index contributed by atoms with van der Waals surface area (Å²) in [4.78, 5) is 13.0. The second-order valence-electron chi connectivity index (χ2n) is 12.8. The van der Waals surface area contributed by atoms with Crippen molar-refractivity contribution in [2.24, 2.45) is 35.0 Å². The molecule has 0 N–H and O–H groups in total. The molecule has 0 radical (unpaired) electrons. The summed E-state index contributed by atoms with van der Waals surface area (Å²) in [5.41, 5.74) is -0.166. The SMILES string of the molecule is CCCCCC1CCC(CCC2(C(=O)OC)CCC(C3CCC(CCCCC)CC3)CC2)CC1. The summed E-state index contributed by atoms with van der Waals surface area (Å²) in [5, 5.41) is 0. The maximum atomic E-state index is 13.0. The highest BCUT2D eigenvalue weighted by molar-refractivity contribution is 5.76. The smallest absolute Gasteiger partial charge is 0.311 e. The quantitative estimate of drug-likeness (QED) is 0.196. The van der Waals surface area contributed by atoms with Crippen LogP contribution in [0, 0.1) is 35.0 Å². The first-order valence-electron chi connectivity index (χ1n) is 15.7. The number of ether oxygens (including phenoxy) is 1. The van der Waals surface area contributed by atoms with Gasteiger partial charge in [0.15, 0.2) is 0 Å². The second-order valence-corrected chi connectivity index (χ2v) is 12.8. The van der Waals surface area contributed by atoms with Crippen LogP contribution >= 0.6 is 0 Å². The van der Waals surface area contributed by atoms with Gasteiger partial charge in [-0.1, -0.05) is 104 Å². The van der Waals surface area contributed by atoms with Crippen LogP contribution in [0.4, 0.5) is 0 Å². The summed E-state index contributed by atoms with van der Waals surface area (Å²) in [7, 11) is 1.62. The Morgan fingerprint density at radius 1 is 0.647 bits per heavy atom. The molecule has 0 spiro atoms. The van der Waals surface area contributed by atoms with Gasteiger partial charge < -0.3 is 4.74 Å². The van der Waals surface area contributed by atoms with Gasteiger partial charge in [-0.15, -0.1) is 0 Å². The molecule has 2 heteroatoms. The molecule has 0 aromatic heterocycles. The summed E-state index contributed by atoms with van der Waals surface area (Å²) in [6, 6.07) is 0. The van der Waals surface area contributed by atoms with Gasteiger partial charge in [0.25, 0.3) is 0 Å². The molecule has 34 heavy (non-hydrogen) atoms. The Hall–Kier alpha value is -0.530. The molecule has 3 aliphatic rings. The zero-order valence-electron chi connectivity index (χ0n) is 23.3. The molecular formula is C32H58O2. The van der Waals surface area contributed by atoms with Crippen molar-refractivity contribution >= 4 is 5.97 Å². The Kier molecular flexibility index (Phi) is 12.3. The molecule has 0 amide bonds. The summed E-state index contributed by atoms with van der Waals surface area (Å²) in [5.74, 6) is 4.74. The fourth-order valence-corrected chi connectivity index (χ4v) is 8.04. The Morgan fingerprint density at radius 2 is 1.09 bits per heavy atom. The van der Waals surface area contributed by atoms with E-state index in [0.29, 0.717) is 0 Å². The first kappa shape index (κ1) is 28.0. The Balaban J connectivity index is 1.40. The summed E-state index contributed by atoms with van der Waals surface area (Å²) in [6.07, 6.45) is 29.9. The van der Waals surface area contributed by atoms with E-state index in [1.54, 1.807) is 7.11 Å². The van der Waals surface area contributed by atoms with E-state index in [4.69, 9.17) is 4.74 Å². The first-order chi connectivity index (χ1) is 16.6. The fraction of sp³-hybridized carbons (Fsp3) is 0.969. The van der Waals surface area contributed by atoms with Crippen molar-refractivity contribution in [3.8, 4) is 0 Å². The fourth-order valence-electron chi connectivity index (χ4n) is 8.04. The van der Waals surface area contributed by atoms with E-state index in [1.807, 2.05) is 0 Å². The Morgan fingerprint density at radius 3 is 1.56 bits per heavy atom. The topological polar surface area (TPSA) is 26.3 Å². The molecule has 2 nitrogen and oxygen atoms in total. The van der Waals surface area contributed by atoms with Gasteiger partial charge in [0.1, 0.15) is 0 Å². The van der Waals surface area contributed by atoms with E-state index in [9.17, 15) is 4.79 Å². The number of esters is 1. The molecule has 0 bridgehead atoms. The van der Waals surface area contributed by atoms with Gasteiger partial charge in [0.05, 0.1) is 12.5 Å². The van der Waals surface area contributed by atoms with Gasteiger partial charge in [0.2, 0.25) is 0 Å². The number of unbranched alkanes of at least 4 members (excludes halogenated alkanes) is 4. The van der Waals surface area contributed by atoms with Crippen LogP contribution in [0.1, 0.15) is 155 Å². The second kappa shape index (κ2) is 14.9. The van der Waals surface area contributed by atoms with Crippen LogP contribution in [0.3, 0.4) is 0 Å². The molecule has 0 heterocycles. The van der Waals surface area contributed by atoms with Gasteiger partial charge in [-0.05, 0) is 81.0 Å². The lowest BCUT2D eigenvalue weighted by Crippen LogP contribution is -2.39. The van der Waals surface area contributed by atoms with Crippen LogP contribution in [0.5, 0.6) is 0 Å². The molecule has 0 aromatic rings. The van der Waals surface area contributed by atoms with Gasteiger partial charge in [-0.25, -0.2) is 0 Å². The van der Waals surface area contributed by atoms with Crippen molar-refractivity contribution in [2.45, 2.75) is 155 Å². The molecular weight excluding hydrogens is 416 g/mol. The van der Waals surface area contributed by atoms with E-state index in [-0.39, 0.29) is 11.4 Å². The minimum absolute atomic E-state index is 0.110. The number of carbonyl (C=O) groups is 1. The third-order valence-electron chi connectivity index (χ3n) is 10.6. The lowest BCUT2D eigenvalue weighted by molar-refractivity contribution is -0.157. The highest BCUT2D eigenvalue weighted by atomic mass is 16.5. The summed E-state index contributed by atoms with van der Waals surface area (Å²) >= 11 is 0. The first-order valence-corrected chi connectivity index (χ1v) is 15.7. The number of hydrogen-bond donors (Lipinski definition) is 0. The van der Waals surface area contributed by atoms with E-state index >= 15 is 0 Å². The molecule has 0 unspecified atom stereocenters. The lowest BCUT2D eigenvalue weighted by Gasteiger charge is -2.43. The zero-order valence-corrected chi connectivity index (χ0v) is 23.3. The van der Waals surface area contributed by atoms with Crippen molar-refractivity contribution in [1.82, 2.24) is 0 Å². The number of hydrogen-bond acceptors (Lipinski definition) is 2. The van der Waals surface area contributed by atoms with E-state index in [0.717, 1.165) is 48.9 Å². The van der Waals surface area contributed by atoms with Gasteiger partial charge in [0, 0.05) is 0 Å². The van der Waals surface area contributed by atoms with Crippen LogP contribution in [-0.2, 0) is 9.53 Å².